The van der Waals surface area contributed by atoms with Crippen LogP contribution in [0.5, 0.6) is 0 Å². The van der Waals surface area contributed by atoms with E-state index >= 15 is 0 Å². The Morgan fingerprint density at radius 3 is 2.42 bits per heavy atom. The molecule has 9 nitrogen and oxygen atoms in total. The number of benzene rings is 2. The summed E-state index contributed by atoms with van der Waals surface area (Å²) in [6, 6.07) is 18.0. The minimum absolute atomic E-state index is 0.476. The minimum Gasteiger partial charge on any atom is -0.371 e. The highest BCUT2D eigenvalue weighted by molar-refractivity contribution is 7.90. The predicted octanol–water partition coefficient (Wildman–Crippen LogP) is 2.49. The van der Waals surface area contributed by atoms with E-state index in [9.17, 15) is 8.42 Å². The van der Waals surface area contributed by atoms with Gasteiger partial charge >= 0.3 is 10.2 Å². The van der Waals surface area contributed by atoms with E-state index in [-0.39, 0.29) is 0 Å². The van der Waals surface area contributed by atoms with Crippen molar-refractivity contribution in [1.29, 1.82) is 0 Å². The van der Waals surface area contributed by atoms with Gasteiger partial charge < -0.3 is 10.2 Å². The van der Waals surface area contributed by atoms with E-state index in [1.165, 1.54) is 14.1 Å². The molecule has 0 amide bonds. The molecule has 1 aliphatic rings. The Balaban J connectivity index is 1.21. The van der Waals surface area contributed by atoms with Crippen molar-refractivity contribution in [3.63, 3.8) is 0 Å². The molecule has 0 saturated carbocycles. The lowest BCUT2D eigenvalue weighted by Crippen LogP contribution is -2.43. The van der Waals surface area contributed by atoms with Gasteiger partial charge in [0.25, 0.3) is 0 Å². The van der Waals surface area contributed by atoms with Crippen molar-refractivity contribution in [2.75, 3.05) is 43.4 Å². The number of aromatic nitrogens is 3. The first kappa shape index (κ1) is 23.2. The number of hydrogen-bond acceptors (Lipinski definition) is 6. The molecule has 33 heavy (non-hydrogen) atoms. The van der Waals surface area contributed by atoms with Gasteiger partial charge in [0.1, 0.15) is 5.82 Å². The third-order valence-electron chi connectivity index (χ3n) is 5.81. The second-order valence-corrected chi connectivity index (χ2v) is 10.3. The Morgan fingerprint density at radius 2 is 1.76 bits per heavy atom. The van der Waals surface area contributed by atoms with Gasteiger partial charge in [-0.25, -0.2) is 4.98 Å². The van der Waals surface area contributed by atoms with Crippen LogP contribution in [-0.2, 0) is 16.6 Å². The minimum atomic E-state index is -3.49. The molecule has 2 aromatic carbocycles. The van der Waals surface area contributed by atoms with E-state index in [1.807, 2.05) is 54.6 Å². The fraction of sp³-hybridized carbons (Fsp3) is 0.391. The first-order chi connectivity index (χ1) is 15.9. The number of H-pyrrole nitrogens is 1. The predicted molar refractivity (Wildman–Crippen MR) is 131 cm³/mol. The standard InChI is InChI=1S/C23H31N7O2S/c1-29(2)33(31,32)28-20-8-10-21(11-9-20)30-16-13-19(14-17-30)24-15-12-22-25-23(27-26-22)18-6-4-3-5-7-18/h3-11,19,24,28H,12-17H2,1-2H3,(H,25,26,27). The Labute approximate surface area is 195 Å². The SMILES string of the molecule is CN(C)S(=O)(=O)Nc1ccc(N2CCC(NCCc3nc(-c4ccccc4)n[nH]3)CC2)cc1. The van der Waals surface area contributed by atoms with E-state index < -0.39 is 10.2 Å². The number of piperidine rings is 1. The smallest absolute Gasteiger partial charge is 0.301 e. The van der Waals surface area contributed by atoms with Crippen LogP contribution in [0.1, 0.15) is 18.7 Å². The van der Waals surface area contributed by atoms with Crippen molar-refractivity contribution in [3.05, 3.63) is 60.4 Å². The highest BCUT2D eigenvalue weighted by Gasteiger charge is 2.19. The highest BCUT2D eigenvalue weighted by Crippen LogP contribution is 2.23. The van der Waals surface area contributed by atoms with Gasteiger partial charge in [0, 0.05) is 63.1 Å². The topological polar surface area (TPSA) is 106 Å². The number of hydrogen-bond donors (Lipinski definition) is 3. The lowest BCUT2D eigenvalue weighted by atomic mass is 10.0. The van der Waals surface area contributed by atoms with Gasteiger partial charge in [0.15, 0.2) is 5.82 Å². The lowest BCUT2D eigenvalue weighted by Gasteiger charge is -2.34. The number of nitrogens with one attached hydrogen (secondary N) is 3. The third kappa shape index (κ3) is 6.10. The largest absolute Gasteiger partial charge is 0.371 e. The third-order valence-corrected chi connectivity index (χ3v) is 7.27. The zero-order chi connectivity index (χ0) is 23.3. The van der Waals surface area contributed by atoms with Crippen LogP contribution in [0.25, 0.3) is 11.4 Å². The quantitative estimate of drug-likeness (QED) is 0.445. The Morgan fingerprint density at radius 1 is 1.06 bits per heavy atom. The summed E-state index contributed by atoms with van der Waals surface area (Å²) in [5, 5.41) is 11.0. The average molecular weight is 470 g/mol. The van der Waals surface area contributed by atoms with Gasteiger partial charge in [-0.3, -0.25) is 9.82 Å². The van der Waals surface area contributed by atoms with Crippen LogP contribution < -0.4 is 14.9 Å². The zero-order valence-corrected chi connectivity index (χ0v) is 19.8. The maximum absolute atomic E-state index is 12.0. The van der Waals surface area contributed by atoms with Crippen LogP contribution in [0.4, 0.5) is 11.4 Å². The van der Waals surface area contributed by atoms with Gasteiger partial charge in [-0.15, -0.1) is 0 Å². The maximum Gasteiger partial charge on any atom is 0.301 e. The molecule has 3 N–H and O–H groups in total. The molecule has 0 spiro atoms. The van der Waals surface area contributed by atoms with Crippen molar-refractivity contribution >= 4 is 21.6 Å². The van der Waals surface area contributed by atoms with E-state index in [0.29, 0.717) is 11.7 Å². The first-order valence-electron chi connectivity index (χ1n) is 11.2. The molecular weight excluding hydrogens is 438 g/mol. The van der Waals surface area contributed by atoms with Gasteiger partial charge in [0.2, 0.25) is 0 Å². The molecule has 0 unspecified atom stereocenters. The number of rotatable bonds is 9. The summed E-state index contributed by atoms with van der Waals surface area (Å²) in [7, 11) is -0.483. The van der Waals surface area contributed by atoms with Crippen LogP contribution in [0.2, 0.25) is 0 Å². The molecule has 4 rings (SSSR count). The summed E-state index contributed by atoms with van der Waals surface area (Å²) in [6.07, 6.45) is 2.92. The Kier molecular flexibility index (Phi) is 7.26. The lowest BCUT2D eigenvalue weighted by molar-refractivity contribution is 0.416. The van der Waals surface area contributed by atoms with E-state index in [2.05, 4.69) is 30.1 Å². The normalized spacial score (nSPS) is 15.2. The molecule has 0 aliphatic carbocycles. The fourth-order valence-corrected chi connectivity index (χ4v) is 4.46. The molecule has 10 heteroatoms. The molecule has 1 fully saturated rings. The average Bonchev–Trinajstić information content (AvgIpc) is 3.29. The summed E-state index contributed by atoms with van der Waals surface area (Å²) >= 11 is 0. The summed E-state index contributed by atoms with van der Waals surface area (Å²) in [6.45, 7) is 2.77. The second kappa shape index (κ2) is 10.3. The summed E-state index contributed by atoms with van der Waals surface area (Å²) in [5.41, 5.74) is 2.69. The molecule has 0 atom stereocenters. The van der Waals surface area contributed by atoms with Gasteiger partial charge in [-0.1, -0.05) is 30.3 Å². The van der Waals surface area contributed by atoms with Crippen LogP contribution in [0, 0.1) is 0 Å². The second-order valence-electron chi connectivity index (χ2n) is 8.37. The van der Waals surface area contributed by atoms with Crippen LogP contribution in [-0.4, -0.2) is 67.7 Å². The Bertz CT molecular complexity index is 1120. The summed E-state index contributed by atoms with van der Waals surface area (Å²) in [4.78, 5) is 6.93. The van der Waals surface area contributed by atoms with Crippen molar-refractivity contribution < 1.29 is 8.42 Å². The van der Waals surface area contributed by atoms with Crippen LogP contribution >= 0.6 is 0 Å². The van der Waals surface area contributed by atoms with Crippen molar-refractivity contribution in [2.24, 2.45) is 0 Å². The first-order valence-corrected chi connectivity index (χ1v) is 12.6. The molecule has 1 aliphatic heterocycles. The molecule has 1 aromatic heterocycles. The van der Waals surface area contributed by atoms with Crippen LogP contribution in [0.15, 0.2) is 54.6 Å². The summed E-state index contributed by atoms with van der Waals surface area (Å²) < 4.78 is 27.6. The monoisotopic (exact) mass is 469 g/mol. The fourth-order valence-electron chi connectivity index (χ4n) is 3.84. The molecular formula is C23H31N7O2S. The molecule has 0 bridgehead atoms. The van der Waals surface area contributed by atoms with E-state index in [0.717, 1.165) is 66.1 Å². The van der Waals surface area contributed by atoms with Gasteiger partial charge in [-0.05, 0) is 37.1 Å². The van der Waals surface area contributed by atoms with E-state index in [4.69, 9.17) is 0 Å². The molecule has 176 valence electrons. The number of nitrogens with zero attached hydrogens (tertiary/aromatic N) is 4. The number of aromatic amines is 1. The van der Waals surface area contributed by atoms with Crippen LogP contribution in [0.3, 0.4) is 0 Å². The van der Waals surface area contributed by atoms with E-state index in [1.54, 1.807) is 0 Å². The van der Waals surface area contributed by atoms with Crippen molar-refractivity contribution in [1.82, 2.24) is 24.8 Å². The van der Waals surface area contributed by atoms with Crippen molar-refractivity contribution in [2.45, 2.75) is 25.3 Å². The highest BCUT2D eigenvalue weighted by atomic mass is 32.2. The van der Waals surface area contributed by atoms with Crippen molar-refractivity contribution in [3.8, 4) is 11.4 Å². The Hall–Kier alpha value is -2.95. The van der Waals surface area contributed by atoms with Gasteiger partial charge in [0.05, 0.1) is 0 Å². The number of anilines is 2. The molecule has 3 aromatic rings. The van der Waals surface area contributed by atoms with Gasteiger partial charge in [-0.2, -0.15) is 17.8 Å². The summed E-state index contributed by atoms with van der Waals surface area (Å²) in [5.74, 6) is 1.63. The molecule has 0 radical (unpaired) electrons. The molecule has 1 saturated heterocycles. The maximum atomic E-state index is 12.0. The zero-order valence-electron chi connectivity index (χ0n) is 19.0. The molecule has 2 heterocycles.